The molecule has 196 valence electrons. The van der Waals surface area contributed by atoms with Crippen LogP contribution in [0.25, 0.3) is 0 Å². The lowest BCUT2D eigenvalue weighted by molar-refractivity contribution is 0.0393. The predicted molar refractivity (Wildman–Crippen MR) is 147 cm³/mol. The van der Waals surface area contributed by atoms with Crippen molar-refractivity contribution in [3.05, 3.63) is 41.5 Å². The molecule has 6 heteroatoms. The van der Waals surface area contributed by atoms with Crippen molar-refractivity contribution < 1.29 is 0 Å². The summed E-state index contributed by atoms with van der Waals surface area (Å²) in [5, 5.41) is 13.4. The lowest BCUT2D eigenvalue weighted by atomic mass is 10.2. The highest BCUT2D eigenvalue weighted by Gasteiger charge is 2.22. The zero-order valence-corrected chi connectivity index (χ0v) is 23.8. The quantitative estimate of drug-likeness (QED) is 0.371. The van der Waals surface area contributed by atoms with Crippen molar-refractivity contribution in [2.45, 2.75) is 99.0 Å². The summed E-state index contributed by atoms with van der Waals surface area (Å²) in [5.74, 6) is 0. The minimum Gasteiger partial charge on any atom is -0.316 e. The van der Waals surface area contributed by atoms with Crippen LogP contribution in [0.15, 0.2) is 30.1 Å². The zero-order chi connectivity index (χ0) is 25.5. The van der Waals surface area contributed by atoms with Gasteiger partial charge in [0.05, 0.1) is 5.69 Å². The fourth-order valence-corrected chi connectivity index (χ4v) is 4.29. The van der Waals surface area contributed by atoms with Crippen LogP contribution in [0.3, 0.4) is 0 Å². The number of hydrogen-bond donors (Lipinski definition) is 0. The van der Waals surface area contributed by atoms with Crippen LogP contribution in [0.4, 0.5) is 0 Å². The molecular weight excluding hydrogens is 420 g/mol. The Hall–Kier alpha value is -1.79. The van der Waals surface area contributed by atoms with Crippen molar-refractivity contribution in [1.82, 2.24) is 29.8 Å². The molecule has 3 heterocycles. The topological polar surface area (TPSA) is 30.8 Å². The number of nitrogens with zero attached hydrogens (tertiary/aromatic N) is 6. The van der Waals surface area contributed by atoms with Crippen LogP contribution < -0.4 is 0 Å². The Labute approximate surface area is 211 Å². The minimum atomic E-state index is 0.571. The SMILES string of the molecule is CCCCCCN1C(C)=CC(C)N1C.CCCCCCN1CC=CN1C.Cc1cc(C)n(C)n1. The van der Waals surface area contributed by atoms with Gasteiger partial charge >= 0.3 is 0 Å². The van der Waals surface area contributed by atoms with Gasteiger partial charge in [-0.1, -0.05) is 58.4 Å². The van der Waals surface area contributed by atoms with Crippen LogP contribution in [-0.2, 0) is 7.05 Å². The van der Waals surface area contributed by atoms with Gasteiger partial charge in [-0.05, 0) is 52.7 Å². The summed E-state index contributed by atoms with van der Waals surface area (Å²) in [6, 6.07) is 2.63. The minimum absolute atomic E-state index is 0.571. The van der Waals surface area contributed by atoms with Crippen molar-refractivity contribution in [2.75, 3.05) is 33.7 Å². The number of likely N-dealkylation sites (N-methyl/N-ethyl adjacent to an activating group) is 1. The Morgan fingerprint density at radius 2 is 1.50 bits per heavy atom. The van der Waals surface area contributed by atoms with E-state index in [1.807, 2.05) is 25.6 Å². The molecule has 0 aliphatic carbocycles. The summed E-state index contributed by atoms with van der Waals surface area (Å²) < 4.78 is 1.87. The highest BCUT2D eigenvalue weighted by Crippen LogP contribution is 2.20. The second-order valence-corrected chi connectivity index (χ2v) is 9.79. The standard InChI is InChI=1S/C12H24N2.C10H20N2.C6H10N2/c1-5-6-7-8-9-14-12(3)10-11(2)13(14)4;1-3-4-5-6-9-12-10-7-8-11(12)2;1-5-4-6(2)8(3)7-5/h10-11H,5-9H2,1-4H3;7-8H,3-6,9-10H2,1-2H3;4H,1-3H3. The van der Waals surface area contributed by atoms with E-state index in [-0.39, 0.29) is 0 Å². The number of hydrogen-bond acceptors (Lipinski definition) is 5. The van der Waals surface area contributed by atoms with Crippen LogP contribution in [-0.4, -0.2) is 69.6 Å². The van der Waals surface area contributed by atoms with E-state index in [4.69, 9.17) is 0 Å². The number of hydrazine groups is 2. The molecule has 34 heavy (non-hydrogen) atoms. The maximum atomic E-state index is 4.13. The fourth-order valence-electron chi connectivity index (χ4n) is 4.29. The summed E-state index contributed by atoms with van der Waals surface area (Å²) in [6.07, 6.45) is 17.5. The molecule has 1 unspecified atom stereocenters. The molecule has 2 aliphatic rings. The van der Waals surface area contributed by atoms with Crippen molar-refractivity contribution in [1.29, 1.82) is 0 Å². The molecule has 2 aliphatic heterocycles. The molecule has 1 aromatic rings. The Kier molecular flexibility index (Phi) is 14.9. The molecule has 0 spiro atoms. The van der Waals surface area contributed by atoms with Crippen LogP contribution in [0.1, 0.15) is 90.4 Å². The van der Waals surface area contributed by atoms with Crippen molar-refractivity contribution in [3.63, 3.8) is 0 Å². The molecule has 0 fully saturated rings. The predicted octanol–water partition coefficient (Wildman–Crippen LogP) is 6.30. The van der Waals surface area contributed by atoms with E-state index in [0.717, 1.165) is 12.2 Å². The molecule has 6 nitrogen and oxygen atoms in total. The van der Waals surface area contributed by atoms with Crippen LogP contribution in [0, 0.1) is 13.8 Å². The molecule has 1 atom stereocenters. The fraction of sp³-hybridized carbons (Fsp3) is 0.750. The summed E-state index contributed by atoms with van der Waals surface area (Å²) in [7, 11) is 6.24. The van der Waals surface area contributed by atoms with Crippen molar-refractivity contribution >= 4 is 0 Å². The average Bonchev–Trinajstić information content (AvgIpc) is 3.41. The first-order valence-corrected chi connectivity index (χ1v) is 13.5. The second-order valence-electron chi connectivity index (χ2n) is 9.79. The maximum Gasteiger partial charge on any atom is 0.0596 e. The second kappa shape index (κ2) is 16.8. The Morgan fingerprint density at radius 3 is 1.88 bits per heavy atom. The molecule has 3 rings (SSSR count). The van der Waals surface area contributed by atoms with E-state index >= 15 is 0 Å². The van der Waals surface area contributed by atoms with Gasteiger partial charge in [0.25, 0.3) is 0 Å². The molecule has 0 N–H and O–H groups in total. The number of allylic oxidation sites excluding steroid dienone is 1. The Bertz CT molecular complexity index is 703. The van der Waals surface area contributed by atoms with E-state index in [0.29, 0.717) is 6.04 Å². The van der Waals surface area contributed by atoms with Gasteiger partial charge in [-0.15, -0.1) is 0 Å². The smallest absolute Gasteiger partial charge is 0.0596 e. The molecule has 0 saturated carbocycles. The Morgan fingerprint density at radius 1 is 0.882 bits per heavy atom. The number of aryl methyl sites for hydroxylation is 3. The van der Waals surface area contributed by atoms with E-state index in [2.05, 4.69) is 91.3 Å². The van der Waals surface area contributed by atoms with Crippen LogP contribution >= 0.6 is 0 Å². The Balaban J connectivity index is 0.000000264. The van der Waals surface area contributed by atoms with Gasteiger partial charge in [0.15, 0.2) is 0 Å². The third-order valence-corrected chi connectivity index (χ3v) is 6.67. The molecule has 0 saturated heterocycles. The molecular formula is C28H54N6. The molecule has 1 aromatic heterocycles. The van der Waals surface area contributed by atoms with Crippen LogP contribution in [0.2, 0.25) is 0 Å². The lowest BCUT2D eigenvalue weighted by Gasteiger charge is -2.30. The summed E-state index contributed by atoms with van der Waals surface area (Å²) in [5.41, 5.74) is 3.71. The number of unbranched alkanes of at least 4 members (excludes halogenated alkanes) is 6. The van der Waals surface area contributed by atoms with Gasteiger partial charge < -0.3 is 10.0 Å². The maximum absolute atomic E-state index is 4.13. The summed E-state index contributed by atoms with van der Waals surface area (Å²) in [4.78, 5) is 0. The highest BCUT2D eigenvalue weighted by atomic mass is 15.6. The first-order valence-electron chi connectivity index (χ1n) is 13.5. The van der Waals surface area contributed by atoms with E-state index in [1.54, 1.807) is 0 Å². The third-order valence-electron chi connectivity index (χ3n) is 6.67. The van der Waals surface area contributed by atoms with Crippen molar-refractivity contribution in [3.8, 4) is 0 Å². The third kappa shape index (κ3) is 11.1. The lowest BCUT2D eigenvalue weighted by Crippen LogP contribution is -2.38. The first-order chi connectivity index (χ1) is 16.2. The molecule has 0 amide bonds. The molecule has 0 aromatic carbocycles. The normalized spacial score (nSPS) is 18.0. The summed E-state index contributed by atoms with van der Waals surface area (Å²) >= 11 is 0. The first kappa shape index (κ1) is 30.2. The van der Waals surface area contributed by atoms with Gasteiger partial charge in [-0.2, -0.15) is 5.10 Å². The van der Waals surface area contributed by atoms with Crippen molar-refractivity contribution in [2.24, 2.45) is 7.05 Å². The van der Waals surface area contributed by atoms with E-state index < -0.39 is 0 Å². The van der Waals surface area contributed by atoms with E-state index in [1.165, 1.54) is 75.8 Å². The van der Waals surface area contributed by atoms with Gasteiger partial charge in [-0.3, -0.25) is 4.68 Å². The van der Waals surface area contributed by atoms with Gasteiger partial charge in [0.2, 0.25) is 0 Å². The zero-order valence-electron chi connectivity index (χ0n) is 23.8. The molecule has 0 bridgehead atoms. The van der Waals surface area contributed by atoms with Gasteiger partial charge in [-0.25, -0.2) is 10.0 Å². The molecule has 0 radical (unpaired) electrons. The van der Waals surface area contributed by atoms with Crippen LogP contribution in [0.5, 0.6) is 0 Å². The van der Waals surface area contributed by atoms with Gasteiger partial charge in [0, 0.05) is 64.4 Å². The number of aromatic nitrogens is 2. The largest absolute Gasteiger partial charge is 0.316 e. The highest BCUT2D eigenvalue weighted by molar-refractivity contribution is 5.08. The number of rotatable bonds is 10. The van der Waals surface area contributed by atoms with Gasteiger partial charge in [0.1, 0.15) is 0 Å². The average molecular weight is 475 g/mol. The summed E-state index contributed by atoms with van der Waals surface area (Å²) in [6.45, 7) is 16.5. The monoisotopic (exact) mass is 474 g/mol. The van der Waals surface area contributed by atoms with E-state index in [9.17, 15) is 0 Å².